The summed E-state index contributed by atoms with van der Waals surface area (Å²) in [7, 11) is 0. The molecule has 0 aliphatic rings. The molecule has 0 bridgehead atoms. The fraction of sp³-hybridized carbons (Fsp3) is 0.417. The average molecular weight is 275 g/mol. The van der Waals surface area contributed by atoms with Crippen LogP contribution in [0.15, 0.2) is 18.2 Å². The minimum atomic E-state index is -0.142. The van der Waals surface area contributed by atoms with Crippen LogP contribution in [-0.2, 0) is 4.79 Å². The Balaban J connectivity index is 2.45. The van der Waals surface area contributed by atoms with Crippen molar-refractivity contribution in [1.29, 1.82) is 0 Å². The van der Waals surface area contributed by atoms with Gasteiger partial charge in [-0.05, 0) is 25.1 Å². The van der Waals surface area contributed by atoms with E-state index in [0.717, 1.165) is 19.4 Å². The number of halogens is 2. The Morgan fingerprint density at radius 1 is 1.29 bits per heavy atom. The summed E-state index contributed by atoms with van der Waals surface area (Å²) >= 11 is 11.9. The third kappa shape index (κ3) is 4.94. The van der Waals surface area contributed by atoms with E-state index in [1.54, 1.807) is 18.2 Å². The van der Waals surface area contributed by atoms with E-state index >= 15 is 0 Å². The number of anilines is 1. The highest BCUT2D eigenvalue weighted by molar-refractivity contribution is 6.39. The largest absolute Gasteiger partial charge is 0.322 e. The van der Waals surface area contributed by atoms with E-state index < -0.39 is 0 Å². The van der Waals surface area contributed by atoms with E-state index in [1.807, 2.05) is 0 Å². The number of rotatable bonds is 6. The maximum Gasteiger partial charge on any atom is 0.238 e. The Morgan fingerprint density at radius 3 is 2.53 bits per heavy atom. The standard InChI is InChI=1S/C12H16Cl2N2O/c1-2-3-7-15-8-11(17)16-12-9(13)5-4-6-10(12)14/h4-6,15H,2-3,7-8H2,1H3,(H,16,17). The van der Waals surface area contributed by atoms with Crippen molar-refractivity contribution < 1.29 is 4.79 Å². The molecule has 0 heterocycles. The lowest BCUT2D eigenvalue weighted by Crippen LogP contribution is -2.28. The Hall–Kier alpha value is -0.770. The van der Waals surface area contributed by atoms with Crippen LogP contribution >= 0.6 is 23.2 Å². The highest BCUT2D eigenvalue weighted by Gasteiger charge is 2.08. The zero-order valence-electron chi connectivity index (χ0n) is 9.72. The van der Waals surface area contributed by atoms with Crippen LogP contribution in [-0.4, -0.2) is 19.0 Å². The van der Waals surface area contributed by atoms with E-state index in [1.165, 1.54) is 0 Å². The quantitative estimate of drug-likeness (QED) is 0.782. The summed E-state index contributed by atoms with van der Waals surface area (Å²) in [5.74, 6) is -0.142. The molecule has 0 radical (unpaired) electrons. The molecule has 1 aromatic rings. The van der Waals surface area contributed by atoms with Gasteiger partial charge in [0, 0.05) is 0 Å². The fourth-order valence-corrected chi connectivity index (χ4v) is 1.80. The lowest BCUT2D eigenvalue weighted by Gasteiger charge is -2.09. The molecular formula is C12H16Cl2N2O. The number of unbranched alkanes of at least 4 members (excludes halogenated alkanes) is 1. The molecule has 0 saturated carbocycles. The number of hydrogen-bond acceptors (Lipinski definition) is 2. The van der Waals surface area contributed by atoms with Gasteiger partial charge in [0.2, 0.25) is 5.91 Å². The molecule has 0 saturated heterocycles. The number of carbonyl (C=O) groups excluding carboxylic acids is 1. The number of nitrogens with one attached hydrogen (secondary N) is 2. The van der Waals surface area contributed by atoms with Gasteiger partial charge in [0.05, 0.1) is 22.3 Å². The summed E-state index contributed by atoms with van der Waals surface area (Å²) in [6.45, 7) is 3.20. The van der Waals surface area contributed by atoms with Crippen molar-refractivity contribution in [3.8, 4) is 0 Å². The molecule has 0 atom stereocenters. The first-order valence-corrected chi connectivity index (χ1v) is 6.35. The Bertz CT molecular complexity index is 363. The number of hydrogen-bond donors (Lipinski definition) is 2. The van der Waals surface area contributed by atoms with Gasteiger partial charge in [-0.25, -0.2) is 0 Å². The van der Waals surface area contributed by atoms with Gasteiger partial charge in [0.15, 0.2) is 0 Å². The van der Waals surface area contributed by atoms with E-state index in [-0.39, 0.29) is 12.5 Å². The average Bonchev–Trinajstić information content (AvgIpc) is 2.30. The van der Waals surface area contributed by atoms with E-state index in [4.69, 9.17) is 23.2 Å². The summed E-state index contributed by atoms with van der Waals surface area (Å²) in [6.07, 6.45) is 2.16. The maximum atomic E-state index is 11.6. The molecule has 0 aliphatic carbocycles. The molecule has 2 N–H and O–H groups in total. The summed E-state index contributed by atoms with van der Waals surface area (Å²) in [6, 6.07) is 5.11. The van der Waals surface area contributed by atoms with Gasteiger partial charge >= 0.3 is 0 Å². The minimum absolute atomic E-state index is 0.142. The van der Waals surface area contributed by atoms with Gasteiger partial charge in [-0.3, -0.25) is 4.79 Å². The molecule has 1 amide bonds. The van der Waals surface area contributed by atoms with Crippen LogP contribution in [0.1, 0.15) is 19.8 Å². The minimum Gasteiger partial charge on any atom is -0.322 e. The molecule has 5 heteroatoms. The van der Waals surface area contributed by atoms with Crippen LogP contribution in [0, 0.1) is 0 Å². The van der Waals surface area contributed by atoms with Crippen molar-refractivity contribution in [2.24, 2.45) is 0 Å². The zero-order valence-corrected chi connectivity index (χ0v) is 11.2. The third-order valence-corrected chi connectivity index (χ3v) is 2.85. The lowest BCUT2D eigenvalue weighted by atomic mass is 10.3. The second kappa shape index (κ2) is 7.54. The molecule has 0 unspecified atom stereocenters. The van der Waals surface area contributed by atoms with Crippen molar-refractivity contribution in [2.75, 3.05) is 18.4 Å². The summed E-state index contributed by atoms with van der Waals surface area (Å²) in [5, 5.41) is 6.62. The second-order valence-corrected chi connectivity index (χ2v) is 4.49. The number of carbonyl (C=O) groups is 1. The van der Waals surface area contributed by atoms with Crippen LogP contribution in [0.4, 0.5) is 5.69 Å². The summed E-state index contributed by atoms with van der Waals surface area (Å²) in [5.41, 5.74) is 0.470. The van der Waals surface area contributed by atoms with Crippen molar-refractivity contribution in [3.63, 3.8) is 0 Å². The Kier molecular flexibility index (Phi) is 6.34. The predicted octanol–water partition coefficient (Wildman–Crippen LogP) is 3.32. The van der Waals surface area contributed by atoms with Crippen molar-refractivity contribution >= 4 is 34.8 Å². The SMILES string of the molecule is CCCCNCC(=O)Nc1c(Cl)cccc1Cl. The molecule has 0 aliphatic heterocycles. The third-order valence-electron chi connectivity index (χ3n) is 2.22. The first kappa shape index (κ1) is 14.3. The van der Waals surface area contributed by atoms with Gasteiger partial charge in [0.25, 0.3) is 0 Å². The van der Waals surface area contributed by atoms with Crippen LogP contribution in [0.3, 0.4) is 0 Å². The van der Waals surface area contributed by atoms with E-state index in [2.05, 4.69) is 17.6 Å². The van der Waals surface area contributed by atoms with Crippen molar-refractivity contribution in [1.82, 2.24) is 5.32 Å². The molecule has 1 aromatic carbocycles. The zero-order chi connectivity index (χ0) is 12.7. The highest BCUT2D eigenvalue weighted by atomic mass is 35.5. The molecular weight excluding hydrogens is 259 g/mol. The normalized spacial score (nSPS) is 10.3. The van der Waals surface area contributed by atoms with Gasteiger partial charge in [0.1, 0.15) is 0 Å². The van der Waals surface area contributed by atoms with Gasteiger partial charge in [-0.1, -0.05) is 42.6 Å². The molecule has 94 valence electrons. The van der Waals surface area contributed by atoms with Crippen LogP contribution in [0.2, 0.25) is 10.0 Å². The Morgan fingerprint density at radius 2 is 1.94 bits per heavy atom. The predicted molar refractivity (Wildman–Crippen MR) is 72.9 cm³/mol. The molecule has 3 nitrogen and oxygen atoms in total. The van der Waals surface area contributed by atoms with Crippen LogP contribution in [0.5, 0.6) is 0 Å². The monoisotopic (exact) mass is 274 g/mol. The summed E-state index contributed by atoms with van der Waals surface area (Å²) < 4.78 is 0. The summed E-state index contributed by atoms with van der Waals surface area (Å²) in [4.78, 5) is 11.6. The molecule has 0 spiro atoms. The van der Waals surface area contributed by atoms with Crippen molar-refractivity contribution in [3.05, 3.63) is 28.2 Å². The number of para-hydroxylation sites is 1. The van der Waals surface area contributed by atoms with E-state index in [9.17, 15) is 4.79 Å². The smallest absolute Gasteiger partial charge is 0.238 e. The number of amides is 1. The van der Waals surface area contributed by atoms with Gasteiger partial charge in [-0.15, -0.1) is 0 Å². The Labute approximate surface area is 111 Å². The number of benzene rings is 1. The van der Waals surface area contributed by atoms with E-state index in [0.29, 0.717) is 15.7 Å². The highest BCUT2D eigenvalue weighted by Crippen LogP contribution is 2.29. The van der Waals surface area contributed by atoms with Crippen LogP contribution < -0.4 is 10.6 Å². The molecule has 0 fully saturated rings. The maximum absolute atomic E-state index is 11.6. The first-order chi connectivity index (χ1) is 8.15. The van der Waals surface area contributed by atoms with Crippen LogP contribution in [0.25, 0.3) is 0 Å². The van der Waals surface area contributed by atoms with Gasteiger partial charge in [-0.2, -0.15) is 0 Å². The van der Waals surface area contributed by atoms with Crippen molar-refractivity contribution in [2.45, 2.75) is 19.8 Å². The topological polar surface area (TPSA) is 41.1 Å². The molecule has 17 heavy (non-hydrogen) atoms. The molecule has 0 aromatic heterocycles. The fourth-order valence-electron chi connectivity index (χ4n) is 1.30. The van der Waals surface area contributed by atoms with Gasteiger partial charge < -0.3 is 10.6 Å². The molecule has 1 rings (SSSR count). The first-order valence-electron chi connectivity index (χ1n) is 5.59. The second-order valence-electron chi connectivity index (χ2n) is 3.68. The lowest BCUT2D eigenvalue weighted by molar-refractivity contribution is -0.115.